The molecule has 4 rings (SSSR count). The molecule has 2 aliphatic rings. The van der Waals surface area contributed by atoms with Crippen LogP contribution >= 0.6 is 0 Å². The molecule has 0 saturated carbocycles. The number of ether oxygens (including phenoxy) is 2. The normalized spacial score (nSPS) is 20.5. The van der Waals surface area contributed by atoms with Crippen molar-refractivity contribution < 1.29 is 29.3 Å². The maximum Gasteiger partial charge on any atom is 0.295 e. The lowest BCUT2D eigenvalue weighted by Gasteiger charge is -2.29. The number of benzene rings is 2. The number of morpholine rings is 1. The number of carbonyl (C=O) groups is 2. The fourth-order valence-electron chi connectivity index (χ4n) is 4.52. The number of Topliss-reactive ketones (excluding diaryl/α,β-unsaturated/α-hetero) is 1. The van der Waals surface area contributed by atoms with Crippen LogP contribution in [0.15, 0.2) is 54.1 Å². The number of phenolic OH excluding ortho intramolecular Hbond substituents is 1. The number of phenols is 1. The number of hydrogen-bond acceptors (Lipinski definition) is 7. The van der Waals surface area contributed by atoms with E-state index in [1.165, 1.54) is 17.0 Å². The molecule has 2 aromatic rings. The molecule has 1 amide bonds. The summed E-state index contributed by atoms with van der Waals surface area (Å²) in [6.07, 6.45) is 0.690. The van der Waals surface area contributed by atoms with E-state index in [0.717, 1.165) is 19.6 Å². The minimum Gasteiger partial charge on any atom is -0.508 e. The van der Waals surface area contributed by atoms with Gasteiger partial charge in [0.2, 0.25) is 0 Å². The molecule has 2 fully saturated rings. The van der Waals surface area contributed by atoms with E-state index >= 15 is 0 Å². The van der Waals surface area contributed by atoms with E-state index in [1.807, 2.05) is 13.8 Å². The second-order valence-corrected chi connectivity index (χ2v) is 9.08. The number of ketones is 1. The van der Waals surface area contributed by atoms with Crippen LogP contribution in [0, 0.1) is 0 Å². The quantitative estimate of drug-likeness (QED) is 0.340. The molecule has 2 saturated heterocycles. The van der Waals surface area contributed by atoms with Crippen molar-refractivity contribution in [2.75, 3.05) is 39.4 Å². The molecule has 2 heterocycles. The number of amides is 1. The van der Waals surface area contributed by atoms with Gasteiger partial charge < -0.3 is 24.6 Å². The van der Waals surface area contributed by atoms with Crippen LogP contribution in [0.1, 0.15) is 37.4 Å². The molecule has 35 heavy (non-hydrogen) atoms. The Bertz CT molecular complexity index is 1070. The number of carbonyl (C=O) groups excluding carboxylic acids is 2. The summed E-state index contributed by atoms with van der Waals surface area (Å²) in [6.45, 7) is 8.07. The van der Waals surface area contributed by atoms with Crippen LogP contribution < -0.4 is 4.74 Å². The Morgan fingerprint density at radius 1 is 1.03 bits per heavy atom. The molecule has 2 aromatic carbocycles. The van der Waals surface area contributed by atoms with E-state index in [4.69, 9.17) is 9.47 Å². The summed E-state index contributed by atoms with van der Waals surface area (Å²) in [5, 5.41) is 20.9. The van der Waals surface area contributed by atoms with Crippen LogP contribution in [0.2, 0.25) is 0 Å². The molecule has 8 heteroatoms. The smallest absolute Gasteiger partial charge is 0.295 e. The minimum atomic E-state index is -0.744. The zero-order valence-corrected chi connectivity index (χ0v) is 20.1. The first-order chi connectivity index (χ1) is 16.8. The molecule has 0 radical (unpaired) electrons. The Morgan fingerprint density at radius 3 is 2.31 bits per heavy atom. The van der Waals surface area contributed by atoms with Crippen molar-refractivity contribution in [3.63, 3.8) is 0 Å². The number of likely N-dealkylation sites (tertiary alicyclic amines) is 1. The summed E-state index contributed by atoms with van der Waals surface area (Å²) in [5.74, 6) is -0.844. The molecule has 0 spiro atoms. The van der Waals surface area contributed by atoms with Gasteiger partial charge in [0.05, 0.1) is 30.9 Å². The van der Waals surface area contributed by atoms with Crippen LogP contribution in [0.5, 0.6) is 11.5 Å². The molecular weight excluding hydrogens is 448 g/mol. The fourth-order valence-corrected chi connectivity index (χ4v) is 4.52. The van der Waals surface area contributed by atoms with Gasteiger partial charge in [0.15, 0.2) is 0 Å². The van der Waals surface area contributed by atoms with Crippen LogP contribution in [0.25, 0.3) is 5.76 Å². The summed E-state index contributed by atoms with van der Waals surface area (Å²) < 4.78 is 11.1. The van der Waals surface area contributed by atoms with Crippen molar-refractivity contribution in [3.05, 3.63) is 65.2 Å². The van der Waals surface area contributed by atoms with E-state index < -0.39 is 17.7 Å². The summed E-state index contributed by atoms with van der Waals surface area (Å²) in [4.78, 5) is 30.0. The molecule has 2 N–H and O–H groups in total. The van der Waals surface area contributed by atoms with Gasteiger partial charge >= 0.3 is 0 Å². The van der Waals surface area contributed by atoms with Crippen molar-refractivity contribution in [1.29, 1.82) is 0 Å². The largest absolute Gasteiger partial charge is 0.508 e. The van der Waals surface area contributed by atoms with Crippen LogP contribution in [0.3, 0.4) is 0 Å². The van der Waals surface area contributed by atoms with Crippen LogP contribution in [0.4, 0.5) is 0 Å². The van der Waals surface area contributed by atoms with Gasteiger partial charge in [-0.3, -0.25) is 14.5 Å². The first-order valence-electron chi connectivity index (χ1n) is 12.0. The molecule has 0 unspecified atom stereocenters. The Kier molecular flexibility index (Phi) is 7.73. The van der Waals surface area contributed by atoms with Gasteiger partial charge in [-0.15, -0.1) is 0 Å². The predicted octanol–water partition coefficient (Wildman–Crippen LogP) is 3.32. The third-order valence-electron chi connectivity index (χ3n) is 6.23. The summed E-state index contributed by atoms with van der Waals surface area (Å²) in [7, 11) is 0. The van der Waals surface area contributed by atoms with Crippen molar-refractivity contribution >= 4 is 17.4 Å². The third kappa shape index (κ3) is 5.66. The second kappa shape index (κ2) is 10.9. The Hall–Kier alpha value is -3.36. The van der Waals surface area contributed by atoms with Gasteiger partial charge in [-0.2, -0.15) is 0 Å². The van der Waals surface area contributed by atoms with Crippen molar-refractivity contribution in [1.82, 2.24) is 9.80 Å². The average Bonchev–Trinajstić information content (AvgIpc) is 3.10. The highest BCUT2D eigenvalue weighted by Gasteiger charge is 2.45. The maximum atomic E-state index is 13.1. The average molecular weight is 481 g/mol. The number of rotatable bonds is 8. The standard InChI is InChI=1S/C27H32N2O6/c1-18(2)35-22-10-6-20(7-11-22)25(31)23-24(19-4-8-21(30)9-5-19)29(27(33)26(23)32)13-3-12-28-14-16-34-17-15-28/h4-11,18,24,30-31H,3,12-17H2,1-2H3/t24-/m0/s1. The van der Waals surface area contributed by atoms with Crippen molar-refractivity contribution in [3.8, 4) is 11.5 Å². The summed E-state index contributed by atoms with van der Waals surface area (Å²) in [6, 6.07) is 12.4. The zero-order chi connectivity index (χ0) is 24.9. The summed E-state index contributed by atoms with van der Waals surface area (Å²) >= 11 is 0. The maximum absolute atomic E-state index is 13.1. The summed E-state index contributed by atoms with van der Waals surface area (Å²) in [5.41, 5.74) is 1.12. The molecule has 2 aliphatic heterocycles. The highest BCUT2D eigenvalue weighted by Crippen LogP contribution is 2.40. The number of aromatic hydroxyl groups is 1. The zero-order valence-electron chi connectivity index (χ0n) is 20.1. The van der Waals surface area contributed by atoms with Crippen molar-refractivity contribution in [2.45, 2.75) is 32.4 Å². The Labute approximate surface area is 205 Å². The number of nitrogens with zero attached hydrogens (tertiary/aromatic N) is 2. The number of aliphatic hydroxyl groups excluding tert-OH is 1. The van der Waals surface area contributed by atoms with E-state index in [-0.39, 0.29) is 23.2 Å². The second-order valence-electron chi connectivity index (χ2n) is 9.08. The van der Waals surface area contributed by atoms with E-state index in [2.05, 4.69) is 4.90 Å². The highest BCUT2D eigenvalue weighted by molar-refractivity contribution is 6.46. The molecule has 0 bridgehead atoms. The van der Waals surface area contributed by atoms with E-state index in [0.29, 0.717) is 43.1 Å². The van der Waals surface area contributed by atoms with Crippen LogP contribution in [-0.4, -0.2) is 77.2 Å². The van der Waals surface area contributed by atoms with Gasteiger partial charge in [0.1, 0.15) is 17.3 Å². The van der Waals surface area contributed by atoms with Gasteiger partial charge in [-0.1, -0.05) is 12.1 Å². The molecule has 186 valence electrons. The first-order valence-corrected chi connectivity index (χ1v) is 12.0. The molecule has 0 aliphatic carbocycles. The lowest BCUT2D eigenvalue weighted by Crippen LogP contribution is -2.38. The Morgan fingerprint density at radius 2 is 1.69 bits per heavy atom. The van der Waals surface area contributed by atoms with E-state index in [9.17, 15) is 19.8 Å². The topological polar surface area (TPSA) is 99.5 Å². The fraction of sp³-hybridized carbons (Fsp3) is 0.407. The SMILES string of the molecule is CC(C)Oc1ccc(C(O)=C2C(=O)C(=O)N(CCCN3CCOCC3)[C@H]2c2ccc(O)cc2)cc1. The molecular formula is C27H32N2O6. The molecule has 8 nitrogen and oxygen atoms in total. The lowest BCUT2D eigenvalue weighted by atomic mass is 9.95. The van der Waals surface area contributed by atoms with Crippen LogP contribution in [-0.2, 0) is 14.3 Å². The van der Waals surface area contributed by atoms with Crippen molar-refractivity contribution in [2.24, 2.45) is 0 Å². The number of hydrogen-bond donors (Lipinski definition) is 2. The van der Waals surface area contributed by atoms with Gasteiger partial charge in [0, 0.05) is 31.7 Å². The van der Waals surface area contributed by atoms with Gasteiger partial charge in [-0.25, -0.2) is 0 Å². The minimum absolute atomic E-state index is 0.00623. The van der Waals surface area contributed by atoms with Gasteiger partial charge in [-0.05, 0) is 62.2 Å². The van der Waals surface area contributed by atoms with Gasteiger partial charge in [0.25, 0.3) is 11.7 Å². The Balaban J connectivity index is 1.64. The lowest BCUT2D eigenvalue weighted by molar-refractivity contribution is -0.140. The highest BCUT2D eigenvalue weighted by atomic mass is 16.5. The molecule has 0 aromatic heterocycles. The van der Waals surface area contributed by atoms with E-state index in [1.54, 1.807) is 36.4 Å². The third-order valence-corrected chi connectivity index (χ3v) is 6.23. The number of aliphatic hydroxyl groups is 1. The predicted molar refractivity (Wildman–Crippen MR) is 131 cm³/mol. The first kappa shape index (κ1) is 24.8. The monoisotopic (exact) mass is 480 g/mol. The molecule has 1 atom stereocenters.